The Morgan fingerprint density at radius 2 is 1.90 bits per heavy atom. The Morgan fingerprint density at radius 3 is 2.63 bits per heavy atom. The first kappa shape index (κ1) is 20.0. The van der Waals surface area contributed by atoms with Crippen LogP contribution in [0.3, 0.4) is 0 Å². The van der Waals surface area contributed by atoms with E-state index in [0.29, 0.717) is 5.13 Å². The van der Waals surface area contributed by atoms with Gasteiger partial charge in [0.05, 0.1) is 32.3 Å². The number of aromatic nitrogens is 1. The van der Waals surface area contributed by atoms with E-state index in [1.54, 1.807) is 0 Å². The second-order valence-electron chi connectivity index (χ2n) is 6.77. The molecule has 0 aliphatic heterocycles. The monoisotopic (exact) mass is 437 g/mol. The molecule has 4 aromatic rings. The Kier molecular flexibility index (Phi) is 5.48. The molecule has 8 heteroatoms. The summed E-state index contributed by atoms with van der Waals surface area (Å²) in [6.45, 7) is 2.26. The van der Waals surface area contributed by atoms with E-state index >= 15 is 0 Å². The molecule has 0 spiro atoms. The number of non-ortho nitro benzene ring substituents is 1. The Hall–Kier alpha value is -3.29. The molecule has 1 amide bonds. The molecule has 0 fully saturated rings. The number of anilines is 1. The quantitative estimate of drug-likeness (QED) is 0.283. The minimum absolute atomic E-state index is 0.0669. The smallest absolute Gasteiger partial charge is 0.270 e. The van der Waals surface area contributed by atoms with E-state index in [1.807, 2.05) is 55.5 Å². The van der Waals surface area contributed by atoms with Gasteiger partial charge in [-0.3, -0.25) is 19.8 Å². The topological polar surface area (TPSA) is 76.3 Å². The molecule has 0 saturated carbocycles. The summed E-state index contributed by atoms with van der Waals surface area (Å²) in [6, 6.07) is 19.2. The zero-order valence-electron chi connectivity index (χ0n) is 15.9. The van der Waals surface area contributed by atoms with Gasteiger partial charge in [0, 0.05) is 12.1 Å². The standard InChI is InChI=1S/C22H16ClN3O3S/c1-14-7-10-19-20(11-14)30-22(24-19)25(13-15-5-3-2-4-6-15)21(27)17-12-16(26(28)29)8-9-18(17)23/h2-12H,13H2,1H3. The number of hydrogen-bond donors (Lipinski definition) is 0. The minimum Gasteiger partial charge on any atom is -0.279 e. The van der Waals surface area contributed by atoms with Gasteiger partial charge in [-0.1, -0.05) is 59.3 Å². The third kappa shape index (κ3) is 4.03. The number of nitro groups is 1. The van der Waals surface area contributed by atoms with Crippen molar-refractivity contribution in [2.24, 2.45) is 0 Å². The molecule has 150 valence electrons. The lowest BCUT2D eigenvalue weighted by molar-refractivity contribution is -0.384. The molecule has 1 aromatic heterocycles. The predicted octanol–water partition coefficient (Wildman–Crippen LogP) is 6.01. The van der Waals surface area contributed by atoms with Crippen LogP contribution in [0.1, 0.15) is 21.5 Å². The Morgan fingerprint density at radius 1 is 1.13 bits per heavy atom. The van der Waals surface area contributed by atoms with Crippen LogP contribution in [0.15, 0.2) is 66.7 Å². The molecule has 4 rings (SSSR count). The number of nitrogens with zero attached hydrogens (tertiary/aromatic N) is 3. The maximum absolute atomic E-state index is 13.5. The minimum atomic E-state index is -0.547. The van der Waals surface area contributed by atoms with Gasteiger partial charge in [0.2, 0.25) is 0 Å². The van der Waals surface area contributed by atoms with E-state index in [4.69, 9.17) is 11.6 Å². The molecule has 0 saturated heterocycles. The third-order valence-corrected chi connectivity index (χ3v) is 5.95. The van der Waals surface area contributed by atoms with E-state index in [2.05, 4.69) is 4.98 Å². The second-order valence-corrected chi connectivity index (χ2v) is 8.18. The van der Waals surface area contributed by atoms with Crippen molar-refractivity contribution in [2.75, 3.05) is 4.90 Å². The number of nitro benzene ring substituents is 1. The van der Waals surface area contributed by atoms with E-state index in [0.717, 1.165) is 21.3 Å². The molecule has 0 atom stereocenters. The van der Waals surface area contributed by atoms with Crippen LogP contribution in [-0.2, 0) is 6.54 Å². The number of thiazole rings is 1. The van der Waals surface area contributed by atoms with Gasteiger partial charge in [-0.25, -0.2) is 4.98 Å². The number of halogens is 1. The number of fused-ring (bicyclic) bond motifs is 1. The summed E-state index contributed by atoms with van der Waals surface area (Å²) in [7, 11) is 0. The first-order valence-electron chi connectivity index (χ1n) is 9.09. The number of benzene rings is 3. The van der Waals surface area contributed by atoms with Crippen LogP contribution in [-0.4, -0.2) is 15.8 Å². The van der Waals surface area contributed by atoms with E-state index in [1.165, 1.54) is 34.4 Å². The summed E-state index contributed by atoms with van der Waals surface area (Å²) in [5.74, 6) is -0.441. The molecule has 6 nitrogen and oxygen atoms in total. The molecule has 0 bridgehead atoms. The van der Waals surface area contributed by atoms with Gasteiger partial charge in [0.1, 0.15) is 0 Å². The molecule has 0 N–H and O–H groups in total. The fraction of sp³-hybridized carbons (Fsp3) is 0.0909. The number of carbonyl (C=O) groups excluding carboxylic acids is 1. The number of rotatable bonds is 5. The Balaban J connectivity index is 1.81. The van der Waals surface area contributed by atoms with Crippen LogP contribution in [0.5, 0.6) is 0 Å². The SMILES string of the molecule is Cc1ccc2nc(N(Cc3ccccc3)C(=O)c3cc([N+](=O)[O-])ccc3Cl)sc2c1. The Bertz CT molecular complexity index is 1260. The summed E-state index contributed by atoms with van der Waals surface area (Å²) < 4.78 is 0.959. The molecule has 0 aliphatic carbocycles. The Labute approximate surface area is 181 Å². The van der Waals surface area contributed by atoms with Gasteiger partial charge in [-0.05, 0) is 36.2 Å². The van der Waals surface area contributed by atoms with Gasteiger partial charge in [-0.15, -0.1) is 0 Å². The lowest BCUT2D eigenvalue weighted by Crippen LogP contribution is -2.30. The highest BCUT2D eigenvalue weighted by atomic mass is 35.5. The molecule has 3 aromatic carbocycles. The van der Waals surface area contributed by atoms with Crippen LogP contribution in [0.4, 0.5) is 10.8 Å². The van der Waals surface area contributed by atoms with Crippen molar-refractivity contribution in [3.8, 4) is 0 Å². The normalized spacial score (nSPS) is 10.9. The lowest BCUT2D eigenvalue weighted by atomic mass is 10.1. The zero-order chi connectivity index (χ0) is 21.3. The zero-order valence-corrected chi connectivity index (χ0v) is 17.5. The third-order valence-electron chi connectivity index (χ3n) is 4.58. The van der Waals surface area contributed by atoms with Crippen molar-refractivity contribution in [1.82, 2.24) is 4.98 Å². The fourth-order valence-electron chi connectivity index (χ4n) is 3.06. The predicted molar refractivity (Wildman–Crippen MR) is 119 cm³/mol. The van der Waals surface area contributed by atoms with Crippen LogP contribution in [0.2, 0.25) is 5.02 Å². The van der Waals surface area contributed by atoms with Crippen LogP contribution in [0.25, 0.3) is 10.2 Å². The molecular weight excluding hydrogens is 422 g/mol. The number of amides is 1. The van der Waals surface area contributed by atoms with Crippen molar-refractivity contribution < 1.29 is 9.72 Å². The molecule has 1 heterocycles. The average Bonchev–Trinajstić information content (AvgIpc) is 3.15. The maximum Gasteiger partial charge on any atom is 0.270 e. The molecular formula is C22H16ClN3O3S. The fourth-order valence-corrected chi connectivity index (χ4v) is 4.32. The summed E-state index contributed by atoms with van der Waals surface area (Å²) in [5, 5.41) is 11.9. The summed E-state index contributed by atoms with van der Waals surface area (Å²) in [5.41, 5.74) is 2.67. The van der Waals surface area contributed by atoms with Gasteiger partial charge >= 0.3 is 0 Å². The lowest BCUT2D eigenvalue weighted by Gasteiger charge is -2.20. The first-order valence-corrected chi connectivity index (χ1v) is 10.3. The van der Waals surface area contributed by atoms with Crippen LogP contribution < -0.4 is 4.90 Å². The van der Waals surface area contributed by atoms with E-state index < -0.39 is 10.8 Å². The van der Waals surface area contributed by atoms with Gasteiger partial charge in [-0.2, -0.15) is 0 Å². The van der Waals surface area contributed by atoms with E-state index in [-0.39, 0.29) is 22.8 Å². The maximum atomic E-state index is 13.5. The highest BCUT2D eigenvalue weighted by molar-refractivity contribution is 7.22. The highest BCUT2D eigenvalue weighted by Crippen LogP contribution is 2.33. The second kappa shape index (κ2) is 8.22. The van der Waals surface area contributed by atoms with Crippen molar-refractivity contribution >= 4 is 49.9 Å². The van der Waals surface area contributed by atoms with Crippen molar-refractivity contribution in [1.29, 1.82) is 0 Å². The first-order chi connectivity index (χ1) is 14.4. The summed E-state index contributed by atoms with van der Waals surface area (Å²) >= 11 is 7.64. The number of aryl methyl sites for hydroxylation is 1. The van der Waals surface area contributed by atoms with Crippen molar-refractivity contribution in [2.45, 2.75) is 13.5 Å². The summed E-state index contributed by atoms with van der Waals surface area (Å²) in [4.78, 5) is 30.3. The van der Waals surface area contributed by atoms with Crippen molar-refractivity contribution in [3.63, 3.8) is 0 Å². The largest absolute Gasteiger partial charge is 0.279 e. The highest BCUT2D eigenvalue weighted by Gasteiger charge is 2.25. The van der Waals surface area contributed by atoms with Gasteiger partial charge in [0.15, 0.2) is 5.13 Å². The van der Waals surface area contributed by atoms with Gasteiger partial charge < -0.3 is 0 Å². The molecule has 0 radical (unpaired) electrons. The van der Waals surface area contributed by atoms with E-state index in [9.17, 15) is 14.9 Å². The summed E-state index contributed by atoms with van der Waals surface area (Å²) in [6.07, 6.45) is 0. The van der Waals surface area contributed by atoms with Crippen LogP contribution in [0, 0.1) is 17.0 Å². The van der Waals surface area contributed by atoms with Crippen LogP contribution >= 0.6 is 22.9 Å². The molecule has 0 unspecified atom stereocenters. The average molecular weight is 438 g/mol. The van der Waals surface area contributed by atoms with Gasteiger partial charge in [0.25, 0.3) is 11.6 Å². The number of carbonyl (C=O) groups is 1. The molecule has 30 heavy (non-hydrogen) atoms. The van der Waals surface area contributed by atoms with Crippen molar-refractivity contribution in [3.05, 3.63) is 98.6 Å². The molecule has 0 aliphatic rings. The number of hydrogen-bond acceptors (Lipinski definition) is 5.